The summed E-state index contributed by atoms with van der Waals surface area (Å²) in [4.78, 5) is 47.4. The number of carboxylic acids is 1. The number of unbranched alkanes of at least 4 members (excludes halogenated alkanes) is 2. The molecule has 298 valence electrons. The fourth-order valence-electron chi connectivity index (χ4n) is 6.48. The number of rotatable bonds is 17. The van der Waals surface area contributed by atoms with Crippen molar-refractivity contribution in [2.75, 3.05) is 5.75 Å². The first-order valence-corrected chi connectivity index (χ1v) is 20.6. The number of thioether (sulfide) groups is 1. The zero-order chi connectivity index (χ0) is 40.8. The molecule has 0 radical (unpaired) electrons. The van der Waals surface area contributed by atoms with Crippen LogP contribution in [0, 0.1) is 11.8 Å². The van der Waals surface area contributed by atoms with Crippen LogP contribution in [0.1, 0.15) is 96.6 Å². The predicted octanol–water partition coefficient (Wildman–Crippen LogP) is 6.52. The number of amides is 1. The Labute approximate surface area is 331 Å². The number of β-lactam (4-membered cyclic amide) rings is 1. The SMILES string of the molecule is C=C(C)[C@@H]1CCC(C)=C[C@H]1c1c(O)cc(CCCCC)cc1OC(=S)SC/C=C1\[C@H](CC(=O)/C(=N\OC(C)(C)C(=O)O)C2=CCC(N)=N2)C(=O)N1S(=O)(=O)O. The predicted molar refractivity (Wildman–Crippen MR) is 215 cm³/mol. The molecule has 0 aromatic heterocycles. The lowest BCUT2D eigenvalue weighted by Gasteiger charge is -2.38. The van der Waals surface area contributed by atoms with Crippen LogP contribution in [0.15, 0.2) is 69.6 Å². The van der Waals surface area contributed by atoms with Gasteiger partial charge in [-0.3, -0.25) is 14.1 Å². The number of phenols is 1. The Hall–Kier alpha value is -4.32. The molecule has 3 aliphatic rings. The van der Waals surface area contributed by atoms with E-state index in [1.54, 1.807) is 6.07 Å². The molecule has 1 amide bonds. The van der Waals surface area contributed by atoms with Gasteiger partial charge in [0.05, 0.1) is 11.6 Å². The lowest BCUT2D eigenvalue weighted by molar-refractivity contribution is -0.161. The Morgan fingerprint density at radius 1 is 1.27 bits per heavy atom. The van der Waals surface area contributed by atoms with Crippen LogP contribution in [-0.4, -0.2) is 72.4 Å². The van der Waals surface area contributed by atoms with E-state index >= 15 is 0 Å². The minimum absolute atomic E-state index is 0.000955. The summed E-state index contributed by atoms with van der Waals surface area (Å²) in [5.41, 5.74) is 6.97. The van der Waals surface area contributed by atoms with Crippen LogP contribution in [0.4, 0.5) is 0 Å². The molecule has 55 heavy (non-hydrogen) atoms. The highest BCUT2D eigenvalue weighted by Gasteiger charge is 2.50. The van der Waals surface area contributed by atoms with Gasteiger partial charge in [0.2, 0.25) is 9.98 Å². The number of aliphatic carboxylic acids is 1. The molecule has 2 aliphatic heterocycles. The molecule has 17 heteroatoms. The third-order valence-corrected chi connectivity index (χ3v) is 11.5. The van der Waals surface area contributed by atoms with E-state index in [2.05, 4.69) is 29.7 Å². The summed E-state index contributed by atoms with van der Waals surface area (Å²) in [7, 11) is -5.05. The third kappa shape index (κ3) is 10.7. The lowest BCUT2D eigenvalue weighted by Crippen LogP contribution is -2.53. The number of hydrogen-bond acceptors (Lipinski definition) is 13. The number of Topliss-reactive ketones (excluding diaryl/α,β-unsaturated/α-hetero) is 1. The smallest absolute Gasteiger partial charge is 0.366 e. The lowest BCUT2D eigenvalue weighted by atomic mass is 9.73. The molecule has 14 nitrogen and oxygen atoms in total. The van der Waals surface area contributed by atoms with Crippen LogP contribution in [0.25, 0.3) is 0 Å². The Balaban J connectivity index is 1.59. The number of carbonyl (C=O) groups is 3. The summed E-state index contributed by atoms with van der Waals surface area (Å²) in [6.45, 7) is 12.8. The molecular weight excluding hydrogens is 769 g/mol. The van der Waals surface area contributed by atoms with Crippen LogP contribution < -0.4 is 10.5 Å². The average molecular weight is 817 g/mol. The van der Waals surface area contributed by atoms with Gasteiger partial charge in [-0.15, -0.1) is 0 Å². The zero-order valence-electron chi connectivity index (χ0n) is 31.5. The van der Waals surface area contributed by atoms with E-state index in [1.807, 2.05) is 19.9 Å². The minimum atomic E-state index is -5.05. The molecule has 1 aliphatic carbocycles. The molecule has 0 spiro atoms. The number of ketones is 1. The van der Waals surface area contributed by atoms with Gasteiger partial charge in [-0.25, -0.2) is 9.79 Å². The van der Waals surface area contributed by atoms with Crippen molar-refractivity contribution in [3.63, 3.8) is 0 Å². The second-order valence-electron chi connectivity index (χ2n) is 14.3. The number of amidine groups is 1. The number of ether oxygens (including phenoxy) is 1. The Bertz CT molecular complexity index is 2020. The zero-order valence-corrected chi connectivity index (χ0v) is 34.0. The average Bonchev–Trinajstić information content (AvgIpc) is 3.51. The molecule has 1 fully saturated rings. The van der Waals surface area contributed by atoms with Gasteiger partial charge in [-0.2, -0.15) is 12.7 Å². The minimum Gasteiger partial charge on any atom is -0.507 e. The van der Waals surface area contributed by atoms with Crippen molar-refractivity contribution in [3.8, 4) is 11.5 Å². The summed E-state index contributed by atoms with van der Waals surface area (Å²) in [5, 5.41) is 24.6. The van der Waals surface area contributed by atoms with Crippen LogP contribution in [0.2, 0.25) is 0 Å². The number of hydrogen-bond donors (Lipinski definition) is 4. The van der Waals surface area contributed by atoms with Crippen molar-refractivity contribution in [1.82, 2.24) is 4.31 Å². The summed E-state index contributed by atoms with van der Waals surface area (Å²) in [5.74, 6) is -4.11. The van der Waals surface area contributed by atoms with Crippen LogP contribution in [0.3, 0.4) is 0 Å². The van der Waals surface area contributed by atoms with Crippen molar-refractivity contribution in [2.24, 2.45) is 27.7 Å². The van der Waals surface area contributed by atoms with E-state index in [0.29, 0.717) is 11.3 Å². The van der Waals surface area contributed by atoms with Crippen molar-refractivity contribution >= 4 is 67.9 Å². The number of nitrogens with two attached hydrogens (primary N) is 1. The highest BCUT2D eigenvalue weighted by Crippen LogP contribution is 2.47. The van der Waals surface area contributed by atoms with Gasteiger partial charge < -0.3 is 25.5 Å². The normalized spacial score (nSPS) is 21.1. The summed E-state index contributed by atoms with van der Waals surface area (Å²) >= 11 is 6.60. The number of thiocarbonyl (C=S) groups is 1. The number of allylic oxidation sites excluding steroid dienone is 4. The number of aromatic hydroxyl groups is 1. The van der Waals surface area contributed by atoms with Gasteiger partial charge in [-0.05, 0) is 95.3 Å². The van der Waals surface area contributed by atoms with Gasteiger partial charge >= 0.3 is 16.3 Å². The van der Waals surface area contributed by atoms with Gasteiger partial charge in [-0.1, -0.05) is 66.6 Å². The topological polar surface area (TPSA) is 218 Å². The molecule has 1 aromatic carbocycles. The summed E-state index contributed by atoms with van der Waals surface area (Å²) in [6, 6.07) is 3.65. The Morgan fingerprint density at radius 2 is 1.98 bits per heavy atom. The van der Waals surface area contributed by atoms with Gasteiger partial charge in [0.25, 0.3) is 5.91 Å². The van der Waals surface area contributed by atoms with Gasteiger partial charge in [0, 0.05) is 35.8 Å². The highest BCUT2D eigenvalue weighted by atomic mass is 32.2. The largest absolute Gasteiger partial charge is 0.507 e. The second kappa shape index (κ2) is 18.1. The molecule has 3 atom stereocenters. The van der Waals surface area contributed by atoms with Crippen LogP contribution in [-0.2, 0) is 35.9 Å². The Morgan fingerprint density at radius 3 is 2.58 bits per heavy atom. The van der Waals surface area contributed by atoms with Crippen molar-refractivity contribution < 1.29 is 47.1 Å². The van der Waals surface area contributed by atoms with Crippen LogP contribution >= 0.6 is 24.0 Å². The number of nitrogens with zero attached hydrogens (tertiary/aromatic N) is 3. The van der Waals surface area contributed by atoms with Crippen molar-refractivity contribution in [3.05, 3.63) is 70.6 Å². The van der Waals surface area contributed by atoms with E-state index in [-0.39, 0.29) is 55.7 Å². The fraction of sp³-hybridized carbons (Fsp3) is 0.474. The quantitative estimate of drug-likeness (QED) is 0.0251. The van der Waals surface area contributed by atoms with Crippen LogP contribution in [0.5, 0.6) is 11.5 Å². The highest BCUT2D eigenvalue weighted by molar-refractivity contribution is 8.22. The van der Waals surface area contributed by atoms with E-state index in [0.717, 1.165) is 61.4 Å². The molecule has 5 N–H and O–H groups in total. The maximum absolute atomic E-state index is 13.6. The summed E-state index contributed by atoms with van der Waals surface area (Å²) < 4.78 is 40.7. The van der Waals surface area contributed by atoms with Gasteiger partial charge in [0.15, 0.2) is 11.5 Å². The number of aliphatic imine (C=N–C) groups is 1. The first-order chi connectivity index (χ1) is 25.7. The molecule has 1 aromatic rings. The molecule has 1 saturated heterocycles. The molecular formula is C38H48N4O10S3. The molecule has 2 heterocycles. The fourth-order valence-corrected chi connectivity index (χ4v) is 8.14. The van der Waals surface area contributed by atoms with E-state index < -0.39 is 51.6 Å². The maximum atomic E-state index is 13.6. The van der Waals surface area contributed by atoms with Gasteiger partial charge in [0.1, 0.15) is 17.3 Å². The molecule has 0 bridgehead atoms. The summed E-state index contributed by atoms with van der Waals surface area (Å²) in [6.07, 6.45) is 9.96. The molecule has 4 rings (SSSR count). The maximum Gasteiger partial charge on any atom is 0.366 e. The first-order valence-electron chi connectivity index (χ1n) is 17.9. The molecule has 0 saturated carbocycles. The van der Waals surface area contributed by atoms with E-state index in [9.17, 15) is 37.6 Å². The standard InChI is InChI=1S/C38H48N4O10S3/c1-7-8-9-10-23-18-29(43)33(25-17-22(4)11-12-24(25)21(2)3)31(19-23)51-37(53)54-16-15-28-26(35(45)42(28)55(48,49)50)20-30(44)34(27-13-14-32(39)40-27)41-52-38(5,6)36(46)47/h13,15,17-19,24-26,43H,2,7-12,14,16,20H2,1,3-6H3,(H2,39,40)(H,46,47)(H,48,49,50)/b28-15+,41-34-/t24-,25+,26-/m0/s1. The molecule has 0 unspecified atom stereocenters. The Kier molecular flexibility index (Phi) is 14.3. The third-order valence-electron chi connectivity index (χ3n) is 9.52. The number of phenolic OH excluding ortho intramolecular Hbond substituents is 1. The number of benzene rings is 1. The monoisotopic (exact) mass is 816 g/mol. The number of oxime groups is 1. The second-order valence-corrected chi connectivity index (χ2v) is 17.2. The number of carbonyl (C=O) groups excluding carboxylic acids is 2. The van der Waals surface area contributed by atoms with E-state index in [1.165, 1.54) is 31.6 Å². The van der Waals surface area contributed by atoms with Crippen molar-refractivity contribution in [1.29, 1.82) is 0 Å². The number of carboxylic acid groups (broad SMARTS) is 1. The van der Waals surface area contributed by atoms with E-state index in [4.69, 9.17) is 27.5 Å². The van der Waals surface area contributed by atoms with Crippen molar-refractivity contribution in [2.45, 2.75) is 97.5 Å². The number of aryl methyl sites for hydroxylation is 1. The first kappa shape index (κ1) is 43.4.